The number of benzene rings is 2. The normalized spacial score (nSPS) is 12.3. The van der Waals surface area contributed by atoms with Gasteiger partial charge in [-0.25, -0.2) is 17.6 Å². The lowest BCUT2D eigenvalue weighted by Gasteiger charge is -2.19. The van der Waals surface area contributed by atoms with Crippen LogP contribution >= 0.6 is 24.0 Å². The van der Waals surface area contributed by atoms with E-state index in [2.05, 4.69) is 15.6 Å². The zero-order chi connectivity index (χ0) is 18.4. The molecule has 0 aliphatic rings. The molecule has 2 N–H and O–H groups in total. The minimum atomic E-state index is -0.649. The maximum atomic E-state index is 13.8. The first-order valence-corrected chi connectivity index (χ1v) is 7.76. The highest BCUT2D eigenvalue weighted by Crippen LogP contribution is 2.17. The van der Waals surface area contributed by atoms with Crippen LogP contribution in [0.4, 0.5) is 17.6 Å². The summed E-state index contributed by atoms with van der Waals surface area (Å²) in [6.45, 7) is 2.06. The summed E-state index contributed by atoms with van der Waals surface area (Å²) < 4.78 is 53.2. The Morgan fingerprint density at radius 3 is 2.19 bits per heavy atom. The second-order valence-electron chi connectivity index (χ2n) is 5.52. The first-order chi connectivity index (χ1) is 11.9. The third kappa shape index (κ3) is 6.15. The van der Waals surface area contributed by atoms with E-state index in [1.807, 2.05) is 0 Å². The van der Waals surface area contributed by atoms with E-state index in [9.17, 15) is 17.6 Å². The van der Waals surface area contributed by atoms with Crippen molar-refractivity contribution in [2.75, 3.05) is 13.6 Å². The maximum absolute atomic E-state index is 13.8. The van der Waals surface area contributed by atoms with Gasteiger partial charge in [-0.05, 0) is 31.0 Å². The molecule has 2 aromatic carbocycles. The van der Waals surface area contributed by atoms with Crippen LogP contribution in [0.1, 0.15) is 24.1 Å². The summed E-state index contributed by atoms with van der Waals surface area (Å²) in [5.74, 6) is -2.13. The number of nitrogens with zero attached hydrogens (tertiary/aromatic N) is 1. The van der Waals surface area contributed by atoms with Gasteiger partial charge < -0.3 is 10.6 Å². The SMILES string of the molecule is CN=C(NCCc1ccc(F)cc1F)NC(C)c1ccc(F)cc1F.I. The molecule has 8 heteroatoms. The second kappa shape index (κ2) is 10.3. The summed E-state index contributed by atoms with van der Waals surface area (Å²) >= 11 is 0. The fraction of sp³-hybridized carbons (Fsp3) is 0.278. The molecule has 0 spiro atoms. The number of guanidine groups is 1. The van der Waals surface area contributed by atoms with Crippen LogP contribution in [0.15, 0.2) is 41.4 Å². The Balaban J connectivity index is 0.00000338. The standard InChI is InChI=1S/C18H19F4N3.HI/c1-11(15-6-5-14(20)10-17(15)22)25-18(23-2)24-8-7-12-3-4-13(19)9-16(12)21;/h3-6,9-11H,7-8H2,1-2H3,(H2,23,24,25);1H. The van der Waals surface area contributed by atoms with Gasteiger partial charge in [-0.1, -0.05) is 12.1 Å². The molecule has 3 nitrogen and oxygen atoms in total. The van der Waals surface area contributed by atoms with Crippen LogP contribution in [0.2, 0.25) is 0 Å². The van der Waals surface area contributed by atoms with E-state index in [1.165, 1.54) is 24.3 Å². The fourth-order valence-electron chi connectivity index (χ4n) is 2.37. The summed E-state index contributed by atoms with van der Waals surface area (Å²) in [6.07, 6.45) is 0.325. The quantitative estimate of drug-likeness (QED) is 0.289. The lowest BCUT2D eigenvalue weighted by atomic mass is 10.1. The van der Waals surface area contributed by atoms with Crippen LogP contribution in [0.5, 0.6) is 0 Å². The summed E-state index contributed by atoms with van der Waals surface area (Å²) in [5, 5.41) is 5.95. The third-order valence-electron chi connectivity index (χ3n) is 3.71. The molecule has 0 radical (unpaired) electrons. The molecule has 1 atom stereocenters. The van der Waals surface area contributed by atoms with Gasteiger partial charge in [0.25, 0.3) is 0 Å². The summed E-state index contributed by atoms with van der Waals surface area (Å²) in [7, 11) is 1.54. The molecule has 142 valence electrons. The van der Waals surface area contributed by atoms with E-state index in [1.54, 1.807) is 14.0 Å². The van der Waals surface area contributed by atoms with Crippen LogP contribution in [-0.2, 0) is 6.42 Å². The molecular weight excluding hydrogens is 461 g/mol. The number of nitrogens with one attached hydrogen (secondary N) is 2. The Hall–Kier alpha value is -1.84. The molecule has 0 fully saturated rings. The van der Waals surface area contributed by atoms with E-state index >= 15 is 0 Å². The van der Waals surface area contributed by atoms with Gasteiger partial charge in [-0.3, -0.25) is 4.99 Å². The molecule has 0 bridgehead atoms. The van der Waals surface area contributed by atoms with Crippen LogP contribution in [-0.4, -0.2) is 19.6 Å². The van der Waals surface area contributed by atoms with Crippen LogP contribution in [0.25, 0.3) is 0 Å². The molecular formula is C18H20F4IN3. The Kier molecular flexibility index (Phi) is 8.83. The summed E-state index contributed by atoms with van der Waals surface area (Å²) in [4.78, 5) is 4.01. The molecule has 2 aromatic rings. The van der Waals surface area contributed by atoms with Crippen molar-refractivity contribution in [3.63, 3.8) is 0 Å². The first kappa shape index (κ1) is 22.2. The van der Waals surface area contributed by atoms with Crippen LogP contribution < -0.4 is 10.6 Å². The molecule has 2 rings (SSSR count). The molecule has 26 heavy (non-hydrogen) atoms. The van der Waals surface area contributed by atoms with Crippen molar-refractivity contribution in [2.45, 2.75) is 19.4 Å². The van der Waals surface area contributed by atoms with Gasteiger partial charge in [0.05, 0.1) is 6.04 Å². The van der Waals surface area contributed by atoms with Gasteiger partial charge in [0.1, 0.15) is 23.3 Å². The number of halogens is 5. The van der Waals surface area contributed by atoms with Gasteiger partial charge in [0.2, 0.25) is 0 Å². The fourth-order valence-corrected chi connectivity index (χ4v) is 2.37. The number of rotatable bonds is 5. The van der Waals surface area contributed by atoms with Gasteiger partial charge in [0.15, 0.2) is 5.96 Å². The molecule has 0 saturated carbocycles. The van der Waals surface area contributed by atoms with Gasteiger partial charge in [0, 0.05) is 31.3 Å². The van der Waals surface area contributed by atoms with E-state index in [-0.39, 0.29) is 24.0 Å². The Bertz CT molecular complexity index is 768. The van der Waals surface area contributed by atoms with Crippen LogP contribution in [0, 0.1) is 23.3 Å². The van der Waals surface area contributed by atoms with Crippen molar-refractivity contribution >= 4 is 29.9 Å². The lowest BCUT2D eigenvalue weighted by Crippen LogP contribution is -2.39. The van der Waals surface area contributed by atoms with E-state index in [0.29, 0.717) is 30.1 Å². The average molecular weight is 481 g/mol. The number of aliphatic imine (C=N–C) groups is 1. The molecule has 0 amide bonds. The van der Waals surface area contributed by atoms with Crippen molar-refractivity contribution in [3.05, 3.63) is 70.8 Å². The summed E-state index contributed by atoms with van der Waals surface area (Å²) in [5.41, 5.74) is 0.677. The molecule has 0 aromatic heterocycles. The Morgan fingerprint density at radius 2 is 1.62 bits per heavy atom. The van der Waals surface area contributed by atoms with Crippen molar-refractivity contribution in [2.24, 2.45) is 4.99 Å². The highest BCUT2D eigenvalue weighted by Gasteiger charge is 2.13. The predicted octanol–water partition coefficient (Wildman–Crippen LogP) is 4.33. The zero-order valence-corrected chi connectivity index (χ0v) is 16.7. The molecule has 1 unspecified atom stereocenters. The van der Waals surface area contributed by atoms with Gasteiger partial charge in [-0.15, -0.1) is 24.0 Å². The molecule has 0 heterocycles. The minimum Gasteiger partial charge on any atom is -0.356 e. The minimum absolute atomic E-state index is 0. The van der Waals surface area contributed by atoms with Crippen LogP contribution in [0.3, 0.4) is 0 Å². The first-order valence-electron chi connectivity index (χ1n) is 7.76. The highest BCUT2D eigenvalue weighted by atomic mass is 127. The van der Waals surface area contributed by atoms with Gasteiger partial charge >= 0.3 is 0 Å². The largest absolute Gasteiger partial charge is 0.356 e. The van der Waals surface area contributed by atoms with E-state index < -0.39 is 29.3 Å². The maximum Gasteiger partial charge on any atom is 0.191 e. The van der Waals surface area contributed by atoms with E-state index in [0.717, 1.165) is 12.1 Å². The monoisotopic (exact) mass is 481 g/mol. The highest BCUT2D eigenvalue weighted by molar-refractivity contribution is 14.0. The molecule has 0 aliphatic heterocycles. The summed E-state index contributed by atoms with van der Waals surface area (Å²) in [6, 6.07) is 6.34. The Morgan fingerprint density at radius 1 is 1.00 bits per heavy atom. The van der Waals surface area contributed by atoms with Crippen molar-refractivity contribution in [1.82, 2.24) is 10.6 Å². The zero-order valence-electron chi connectivity index (χ0n) is 14.3. The smallest absolute Gasteiger partial charge is 0.191 e. The third-order valence-corrected chi connectivity index (χ3v) is 3.71. The molecule has 0 saturated heterocycles. The van der Waals surface area contributed by atoms with Crippen molar-refractivity contribution < 1.29 is 17.6 Å². The topological polar surface area (TPSA) is 36.4 Å². The average Bonchev–Trinajstić information content (AvgIpc) is 2.55. The molecule has 0 aliphatic carbocycles. The van der Waals surface area contributed by atoms with Gasteiger partial charge in [-0.2, -0.15) is 0 Å². The lowest BCUT2D eigenvalue weighted by molar-refractivity contribution is 0.550. The predicted molar refractivity (Wildman–Crippen MR) is 105 cm³/mol. The number of hydrogen-bond donors (Lipinski definition) is 2. The second-order valence-corrected chi connectivity index (χ2v) is 5.52. The van der Waals surface area contributed by atoms with Crippen molar-refractivity contribution in [3.8, 4) is 0 Å². The Labute approximate surface area is 166 Å². The number of hydrogen-bond acceptors (Lipinski definition) is 1. The van der Waals surface area contributed by atoms with Crippen molar-refractivity contribution in [1.29, 1.82) is 0 Å². The van der Waals surface area contributed by atoms with E-state index in [4.69, 9.17) is 0 Å².